The summed E-state index contributed by atoms with van der Waals surface area (Å²) in [6.07, 6.45) is 0.624. The number of fused-ring (bicyclic) bond motifs is 3. The molecule has 24 heavy (non-hydrogen) atoms. The van der Waals surface area contributed by atoms with Crippen molar-refractivity contribution in [2.24, 2.45) is 0 Å². The van der Waals surface area contributed by atoms with Crippen LogP contribution in [0.2, 0.25) is 0 Å². The molecule has 0 saturated carbocycles. The topological polar surface area (TPSA) is 55.1 Å². The van der Waals surface area contributed by atoms with Crippen molar-refractivity contribution >= 4 is 5.97 Å². The third kappa shape index (κ3) is 2.07. The van der Waals surface area contributed by atoms with Crippen LogP contribution in [0.4, 0.5) is 0 Å². The minimum absolute atomic E-state index is 0.150. The average molecular weight is 318 g/mol. The van der Waals surface area contributed by atoms with Crippen molar-refractivity contribution in [1.29, 1.82) is 0 Å². The molecular formula is C20H18N2O2. The van der Waals surface area contributed by atoms with E-state index >= 15 is 0 Å². The highest BCUT2D eigenvalue weighted by molar-refractivity contribution is 5.92. The Labute approximate surface area is 140 Å². The molecule has 0 aliphatic heterocycles. The summed E-state index contributed by atoms with van der Waals surface area (Å²) in [7, 11) is 0. The first-order valence-electron chi connectivity index (χ1n) is 7.98. The quantitative estimate of drug-likeness (QED) is 0.606. The van der Waals surface area contributed by atoms with E-state index in [0.29, 0.717) is 6.42 Å². The molecule has 0 radical (unpaired) electrons. The Balaban J connectivity index is 2.00. The predicted octanol–water partition coefficient (Wildman–Crippen LogP) is 4.07. The summed E-state index contributed by atoms with van der Waals surface area (Å²) in [6, 6.07) is 12.3. The van der Waals surface area contributed by atoms with Crippen LogP contribution >= 0.6 is 0 Å². The molecule has 1 aliphatic rings. The van der Waals surface area contributed by atoms with Gasteiger partial charge < -0.3 is 5.11 Å². The molecule has 3 aromatic rings. The van der Waals surface area contributed by atoms with Crippen LogP contribution in [0, 0.1) is 20.8 Å². The Morgan fingerprint density at radius 3 is 2.42 bits per heavy atom. The van der Waals surface area contributed by atoms with E-state index in [9.17, 15) is 9.90 Å². The Kier molecular flexibility index (Phi) is 3.10. The van der Waals surface area contributed by atoms with Crippen molar-refractivity contribution < 1.29 is 9.90 Å². The molecule has 1 aliphatic carbocycles. The van der Waals surface area contributed by atoms with E-state index in [0.717, 1.165) is 28.1 Å². The normalized spacial score (nSPS) is 12.1. The predicted molar refractivity (Wildman–Crippen MR) is 93.0 cm³/mol. The van der Waals surface area contributed by atoms with E-state index in [2.05, 4.69) is 31.1 Å². The summed E-state index contributed by atoms with van der Waals surface area (Å²) in [5.41, 5.74) is 8.61. The smallest absolute Gasteiger partial charge is 0.356 e. The molecule has 120 valence electrons. The van der Waals surface area contributed by atoms with Gasteiger partial charge in [0, 0.05) is 17.5 Å². The maximum absolute atomic E-state index is 11.7. The number of hydrogen-bond acceptors (Lipinski definition) is 2. The van der Waals surface area contributed by atoms with E-state index in [1.807, 2.05) is 31.2 Å². The lowest BCUT2D eigenvalue weighted by molar-refractivity contribution is 0.0689. The lowest BCUT2D eigenvalue weighted by Gasteiger charge is -2.10. The fraction of sp³-hybridized carbons (Fsp3) is 0.200. The molecule has 2 aromatic carbocycles. The molecule has 1 aromatic heterocycles. The van der Waals surface area contributed by atoms with Gasteiger partial charge in [0.2, 0.25) is 0 Å². The lowest BCUT2D eigenvalue weighted by Crippen LogP contribution is -2.04. The Morgan fingerprint density at radius 2 is 1.75 bits per heavy atom. The molecule has 0 bridgehead atoms. The van der Waals surface area contributed by atoms with Crippen LogP contribution in [0.1, 0.15) is 38.3 Å². The molecular weight excluding hydrogens is 300 g/mol. The molecule has 0 unspecified atom stereocenters. The Morgan fingerprint density at radius 1 is 1.08 bits per heavy atom. The summed E-state index contributed by atoms with van der Waals surface area (Å²) < 4.78 is 1.78. The fourth-order valence-corrected chi connectivity index (χ4v) is 3.37. The highest BCUT2D eigenvalue weighted by Gasteiger charge is 2.31. The van der Waals surface area contributed by atoms with Gasteiger partial charge in [0.1, 0.15) is 0 Å². The van der Waals surface area contributed by atoms with Crippen LogP contribution < -0.4 is 0 Å². The van der Waals surface area contributed by atoms with Gasteiger partial charge in [0.05, 0.1) is 11.4 Å². The first kappa shape index (κ1) is 14.7. The highest BCUT2D eigenvalue weighted by atomic mass is 16.4. The molecule has 0 atom stereocenters. The minimum atomic E-state index is -0.974. The second kappa shape index (κ2) is 5.06. The maximum Gasteiger partial charge on any atom is 0.356 e. The van der Waals surface area contributed by atoms with E-state index in [-0.39, 0.29) is 5.69 Å². The number of hydrogen-bond donors (Lipinski definition) is 1. The maximum atomic E-state index is 11.7. The van der Waals surface area contributed by atoms with Crippen LogP contribution in [0.3, 0.4) is 0 Å². The summed E-state index contributed by atoms with van der Waals surface area (Å²) in [5.74, 6) is -0.974. The van der Waals surface area contributed by atoms with E-state index < -0.39 is 5.97 Å². The number of aromatic carboxylic acids is 1. The molecule has 1 N–H and O–H groups in total. The van der Waals surface area contributed by atoms with Gasteiger partial charge >= 0.3 is 5.97 Å². The third-order valence-corrected chi connectivity index (χ3v) is 4.81. The monoisotopic (exact) mass is 318 g/mol. The Bertz CT molecular complexity index is 982. The number of benzene rings is 2. The molecule has 4 nitrogen and oxygen atoms in total. The number of carboxylic acids is 1. The molecule has 0 spiro atoms. The summed E-state index contributed by atoms with van der Waals surface area (Å²) in [5, 5.41) is 14.0. The fourth-order valence-electron chi connectivity index (χ4n) is 3.37. The molecule has 1 heterocycles. The van der Waals surface area contributed by atoms with Crippen LogP contribution in [0.5, 0.6) is 0 Å². The molecule has 4 rings (SSSR count). The van der Waals surface area contributed by atoms with Crippen molar-refractivity contribution in [2.75, 3.05) is 0 Å². The standard InChI is InChI=1S/C20H18N2O2/c1-11-4-6-15(7-5-11)22-19-16-9-13(3)12(2)8-14(16)10-17(19)18(21-22)20(23)24/h4-9H,10H2,1-3H3,(H,23,24). The minimum Gasteiger partial charge on any atom is -0.476 e. The number of aryl methyl sites for hydroxylation is 3. The van der Waals surface area contributed by atoms with Gasteiger partial charge in [-0.2, -0.15) is 5.10 Å². The largest absolute Gasteiger partial charge is 0.476 e. The van der Waals surface area contributed by atoms with Crippen molar-refractivity contribution in [3.63, 3.8) is 0 Å². The first-order chi connectivity index (χ1) is 11.5. The van der Waals surface area contributed by atoms with Gasteiger partial charge in [-0.3, -0.25) is 0 Å². The molecule has 4 heteroatoms. The number of nitrogens with zero attached hydrogens (tertiary/aromatic N) is 2. The molecule has 0 amide bonds. The lowest BCUT2D eigenvalue weighted by atomic mass is 10.0. The van der Waals surface area contributed by atoms with Crippen molar-refractivity contribution in [1.82, 2.24) is 9.78 Å². The van der Waals surface area contributed by atoms with E-state index in [1.165, 1.54) is 16.7 Å². The van der Waals surface area contributed by atoms with Gasteiger partial charge in [-0.1, -0.05) is 23.8 Å². The van der Waals surface area contributed by atoms with Crippen molar-refractivity contribution in [3.8, 4) is 16.9 Å². The van der Waals surface area contributed by atoms with Crippen LogP contribution in [-0.2, 0) is 6.42 Å². The number of carboxylic acid groups (broad SMARTS) is 1. The zero-order valence-corrected chi connectivity index (χ0v) is 13.9. The summed E-state index contributed by atoms with van der Waals surface area (Å²) >= 11 is 0. The molecule has 0 fully saturated rings. The summed E-state index contributed by atoms with van der Waals surface area (Å²) in [6.45, 7) is 6.20. The second-order valence-electron chi connectivity index (χ2n) is 6.50. The van der Waals surface area contributed by atoms with Crippen molar-refractivity contribution in [2.45, 2.75) is 27.2 Å². The average Bonchev–Trinajstić information content (AvgIpc) is 3.06. The van der Waals surface area contributed by atoms with Gasteiger partial charge in [-0.25, -0.2) is 9.48 Å². The van der Waals surface area contributed by atoms with E-state index in [4.69, 9.17) is 0 Å². The SMILES string of the molecule is Cc1ccc(-n2nc(C(=O)O)c3c2-c2cc(C)c(C)cc2C3)cc1. The van der Waals surface area contributed by atoms with Crippen LogP contribution in [0.25, 0.3) is 16.9 Å². The number of carbonyl (C=O) groups is 1. The zero-order chi connectivity index (χ0) is 17.0. The molecule has 0 saturated heterocycles. The van der Waals surface area contributed by atoms with Gasteiger partial charge in [-0.05, 0) is 55.7 Å². The zero-order valence-electron chi connectivity index (χ0n) is 13.9. The second-order valence-corrected chi connectivity index (χ2v) is 6.50. The van der Waals surface area contributed by atoms with E-state index in [1.54, 1.807) is 4.68 Å². The Hall–Kier alpha value is -2.88. The highest BCUT2D eigenvalue weighted by Crippen LogP contribution is 2.41. The van der Waals surface area contributed by atoms with Crippen LogP contribution in [-0.4, -0.2) is 20.9 Å². The third-order valence-electron chi connectivity index (χ3n) is 4.81. The van der Waals surface area contributed by atoms with Gasteiger partial charge in [0.25, 0.3) is 0 Å². The first-order valence-corrected chi connectivity index (χ1v) is 7.98. The summed E-state index contributed by atoms with van der Waals surface area (Å²) in [4.78, 5) is 11.7. The van der Waals surface area contributed by atoms with Gasteiger partial charge in [0.15, 0.2) is 5.69 Å². The van der Waals surface area contributed by atoms with Gasteiger partial charge in [-0.15, -0.1) is 0 Å². The number of rotatable bonds is 2. The van der Waals surface area contributed by atoms with Crippen LogP contribution in [0.15, 0.2) is 36.4 Å². The van der Waals surface area contributed by atoms with Crippen molar-refractivity contribution in [3.05, 3.63) is 69.9 Å². The number of aromatic nitrogens is 2.